The van der Waals surface area contributed by atoms with Crippen LogP contribution in [0.25, 0.3) is 10.9 Å². The third-order valence-electron chi connectivity index (χ3n) is 6.70. The van der Waals surface area contributed by atoms with E-state index in [1.54, 1.807) is 0 Å². The van der Waals surface area contributed by atoms with E-state index in [0.717, 1.165) is 61.1 Å². The number of fused-ring (bicyclic) bond motifs is 1. The van der Waals surface area contributed by atoms with Crippen molar-refractivity contribution < 1.29 is 4.74 Å². The number of tetrazole rings is 1. The molecule has 0 radical (unpaired) electrons. The Kier molecular flexibility index (Phi) is 7.30. The summed E-state index contributed by atoms with van der Waals surface area (Å²) in [7, 11) is 0. The second-order valence-electron chi connectivity index (χ2n) is 9.26. The maximum atomic E-state index is 12.9. The van der Waals surface area contributed by atoms with Gasteiger partial charge in [-0.2, -0.15) is 0 Å². The predicted octanol–water partition coefficient (Wildman–Crippen LogP) is 3.50. The Morgan fingerprint density at radius 1 is 1.11 bits per heavy atom. The van der Waals surface area contributed by atoms with Crippen molar-refractivity contribution in [1.29, 1.82) is 0 Å². The number of aryl methyl sites for hydroxylation is 3. The molecule has 0 bridgehead atoms. The number of ether oxygens (including phenoxy) is 1. The normalized spacial score (nSPS) is 15.9. The van der Waals surface area contributed by atoms with Crippen LogP contribution in [0.1, 0.15) is 42.3 Å². The Morgan fingerprint density at radius 2 is 2.00 bits per heavy atom. The molecule has 0 saturated carbocycles. The summed E-state index contributed by atoms with van der Waals surface area (Å²) in [6.45, 7) is 5.43. The first-order valence-corrected chi connectivity index (χ1v) is 12.5. The standard InChI is InChI=1S/C27H32N6O2/c1-2-20-10-11-25-22(15-20)16-23(27(34)28-25)17-32(18-24-9-6-14-35-24)19-26-29-30-31-33(26)13-12-21-7-4-3-5-8-21/h3-5,7-8,10-11,15-16,24H,2,6,9,12-14,17-19H2,1H3,(H,28,34)/t24-/m1/s1. The van der Waals surface area contributed by atoms with Gasteiger partial charge in [-0.05, 0) is 70.8 Å². The lowest BCUT2D eigenvalue weighted by molar-refractivity contribution is 0.0663. The Balaban J connectivity index is 1.36. The number of hydrogen-bond acceptors (Lipinski definition) is 6. The highest BCUT2D eigenvalue weighted by Gasteiger charge is 2.22. The number of nitrogens with one attached hydrogen (secondary N) is 1. The van der Waals surface area contributed by atoms with E-state index in [1.807, 2.05) is 35.0 Å². The van der Waals surface area contributed by atoms with Gasteiger partial charge in [0.1, 0.15) is 0 Å². The summed E-state index contributed by atoms with van der Waals surface area (Å²) < 4.78 is 7.79. The fraction of sp³-hybridized carbons (Fsp3) is 0.407. The van der Waals surface area contributed by atoms with Crippen molar-refractivity contribution in [1.82, 2.24) is 30.1 Å². The summed E-state index contributed by atoms with van der Waals surface area (Å²) >= 11 is 0. The number of hydrogen-bond donors (Lipinski definition) is 1. The Hall–Kier alpha value is -3.36. The highest BCUT2D eigenvalue weighted by molar-refractivity contribution is 5.79. The molecule has 0 amide bonds. The van der Waals surface area contributed by atoms with E-state index in [2.05, 4.69) is 56.6 Å². The SMILES string of the molecule is CCc1ccc2[nH]c(=O)c(CN(Cc3nnnn3CCc3ccccc3)C[C@H]3CCCO3)cc2c1. The van der Waals surface area contributed by atoms with Crippen LogP contribution in [-0.2, 0) is 37.2 Å². The maximum Gasteiger partial charge on any atom is 0.252 e. The number of benzene rings is 2. The number of rotatable bonds is 10. The zero-order valence-corrected chi connectivity index (χ0v) is 20.2. The summed E-state index contributed by atoms with van der Waals surface area (Å²) in [5, 5.41) is 13.5. The van der Waals surface area contributed by atoms with Gasteiger partial charge in [-0.15, -0.1) is 5.10 Å². The molecule has 2 aromatic carbocycles. The fourth-order valence-electron chi connectivity index (χ4n) is 4.73. The quantitative estimate of drug-likeness (QED) is 0.380. The third-order valence-corrected chi connectivity index (χ3v) is 6.70. The Bertz CT molecular complexity index is 1310. The van der Waals surface area contributed by atoms with Gasteiger partial charge in [0.15, 0.2) is 5.82 Å². The summed E-state index contributed by atoms with van der Waals surface area (Å²) in [4.78, 5) is 18.2. The van der Waals surface area contributed by atoms with Crippen molar-refractivity contribution in [2.75, 3.05) is 13.2 Å². The van der Waals surface area contributed by atoms with Crippen molar-refractivity contribution >= 4 is 10.9 Å². The Morgan fingerprint density at radius 3 is 2.80 bits per heavy atom. The first-order chi connectivity index (χ1) is 17.2. The lowest BCUT2D eigenvalue weighted by Gasteiger charge is -2.24. The van der Waals surface area contributed by atoms with E-state index in [4.69, 9.17) is 4.74 Å². The van der Waals surface area contributed by atoms with Crippen LogP contribution in [0.15, 0.2) is 59.4 Å². The van der Waals surface area contributed by atoms with Crippen LogP contribution >= 0.6 is 0 Å². The molecule has 1 saturated heterocycles. The molecule has 35 heavy (non-hydrogen) atoms. The van der Waals surface area contributed by atoms with Gasteiger partial charge in [0.05, 0.1) is 12.6 Å². The summed E-state index contributed by atoms with van der Waals surface area (Å²) in [5.74, 6) is 0.796. The molecule has 1 aliphatic heterocycles. The molecular weight excluding hydrogens is 440 g/mol. The molecule has 0 spiro atoms. The molecule has 8 heteroatoms. The Labute approximate surface area is 204 Å². The molecule has 1 N–H and O–H groups in total. The van der Waals surface area contributed by atoms with E-state index in [1.165, 1.54) is 11.1 Å². The smallest absolute Gasteiger partial charge is 0.252 e. The molecule has 1 atom stereocenters. The molecule has 5 rings (SSSR count). The van der Waals surface area contributed by atoms with Crippen molar-refractivity contribution in [2.45, 2.75) is 58.3 Å². The summed E-state index contributed by atoms with van der Waals surface area (Å²) in [6.07, 6.45) is 4.08. The van der Waals surface area contributed by atoms with Gasteiger partial charge in [0.25, 0.3) is 5.56 Å². The minimum atomic E-state index is -0.0530. The van der Waals surface area contributed by atoms with E-state index >= 15 is 0 Å². The van der Waals surface area contributed by atoms with Crippen molar-refractivity contribution in [3.8, 4) is 0 Å². The highest BCUT2D eigenvalue weighted by atomic mass is 16.5. The third kappa shape index (κ3) is 5.83. The van der Waals surface area contributed by atoms with E-state index in [-0.39, 0.29) is 11.7 Å². The lowest BCUT2D eigenvalue weighted by Crippen LogP contribution is -2.34. The fourth-order valence-corrected chi connectivity index (χ4v) is 4.73. The first-order valence-electron chi connectivity index (χ1n) is 12.5. The van der Waals surface area contributed by atoms with Crippen molar-refractivity contribution in [3.63, 3.8) is 0 Å². The van der Waals surface area contributed by atoms with Gasteiger partial charge in [-0.25, -0.2) is 4.68 Å². The number of H-pyrrole nitrogens is 1. The maximum absolute atomic E-state index is 12.9. The van der Waals surface area contributed by atoms with Gasteiger partial charge in [-0.1, -0.05) is 43.3 Å². The zero-order chi connectivity index (χ0) is 24.0. The molecule has 3 heterocycles. The number of nitrogens with zero attached hydrogens (tertiary/aromatic N) is 5. The predicted molar refractivity (Wildman–Crippen MR) is 135 cm³/mol. The van der Waals surface area contributed by atoms with E-state index < -0.39 is 0 Å². The number of aromatic amines is 1. The largest absolute Gasteiger partial charge is 0.377 e. The van der Waals surface area contributed by atoms with Crippen LogP contribution in [0, 0.1) is 0 Å². The van der Waals surface area contributed by atoms with Gasteiger partial charge >= 0.3 is 0 Å². The van der Waals surface area contributed by atoms with Crippen LogP contribution in [0.4, 0.5) is 0 Å². The van der Waals surface area contributed by atoms with Gasteiger partial charge < -0.3 is 9.72 Å². The molecule has 2 aromatic heterocycles. The molecule has 0 unspecified atom stereocenters. The van der Waals surface area contributed by atoms with Crippen LogP contribution in [0.3, 0.4) is 0 Å². The molecule has 182 valence electrons. The monoisotopic (exact) mass is 472 g/mol. The molecule has 0 aliphatic carbocycles. The lowest BCUT2D eigenvalue weighted by atomic mass is 10.1. The summed E-state index contributed by atoms with van der Waals surface area (Å²) in [5.41, 5.74) is 4.06. The minimum Gasteiger partial charge on any atom is -0.377 e. The van der Waals surface area contributed by atoms with Gasteiger partial charge in [0.2, 0.25) is 0 Å². The van der Waals surface area contributed by atoms with E-state index in [9.17, 15) is 4.79 Å². The van der Waals surface area contributed by atoms with Crippen molar-refractivity contribution in [3.05, 3.63) is 87.5 Å². The van der Waals surface area contributed by atoms with Gasteiger partial charge in [-0.3, -0.25) is 9.69 Å². The minimum absolute atomic E-state index is 0.0530. The number of aromatic nitrogens is 5. The van der Waals surface area contributed by atoms with Crippen LogP contribution in [-0.4, -0.2) is 49.3 Å². The van der Waals surface area contributed by atoms with Crippen molar-refractivity contribution in [2.24, 2.45) is 0 Å². The highest BCUT2D eigenvalue weighted by Crippen LogP contribution is 2.18. The zero-order valence-electron chi connectivity index (χ0n) is 20.2. The molecule has 1 aliphatic rings. The average Bonchev–Trinajstić information content (AvgIpc) is 3.55. The molecule has 4 aromatic rings. The molecule has 1 fully saturated rings. The second-order valence-corrected chi connectivity index (χ2v) is 9.26. The molecular formula is C27H32N6O2. The van der Waals surface area contributed by atoms with E-state index in [0.29, 0.717) is 19.6 Å². The summed E-state index contributed by atoms with van der Waals surface area (Å²) in [6, 6.07) is 18.6. The van der Waals surface area contributed by atoms with Crippen LogP contribution in [0.5, 0.6) is 0 Å². The molecule has 8 nitrogen and oxygen atoms in total. The van der Waals surface area contributed by atoms with Gasteiger partial charge in [0, 0.05) is 37.3 Å². The van der Waals surface area contributed by atoms with Crippen LogP contribution in [0.2, 0.25) is 0 Å². The second kappa shape index (κ2) is 10.9. The number of pyridine rings is 1. The van der Waals surface area contributed by atoms with Crippen LogP contribution < -0.4 is 5.56 Å². The first kappa shape index (κ1) is 23.4. The average molecular weight is 473 g/mol. The topological polar surface area (TPSA) is 88.9 Å².